The van der Waals surface area contributed by atoms with Crippen LogP contribution in [-0.4, -0.2) is 47.9 Å². The van der Waals surface area contributed by atoms with Crippen LogP contribution in [0.25, 0.3) is 0 Å². The Morgan fingerprint density at radius 1 is 1.22 bits per heavy atom. The fourth-order valence-electron chi connectivity index (χ4n) is 3.56. The summed E-state index contributed by atoms with van der Waals surface area (Å²) in [7, 11) is 0. The van der Waals surface area contributed by atoms with Gasteiger partial charge < -0.3 is 10.2 Å². The zero-order valence-corrected chi connectivity index (χ0v) is 14.4. The lowest BCUT2D eigenvalue weighted by atomic mass is 9.80. The number of carbonyl (C=O) groups excluding carboxylic acids is 1. The second-order valence-corrected chi connectivity index (χ2v) is 7.06. The highest BCUT2D eigenvalue weighted by Crippen LogP contribution is 2.31. The van der Waals surface area contributed by atoms with E-state index in [2.05, 4.69) is 41.4 Å². The molecule has 1 atom stereocenters. The summed E-state index contributed by atoms with van der Waals surface area (Å²) >= 11 is 0. The van der Waals surface area contributed by atoms with Gasteiger partial charge in [-0.25, -0.2) is 0 Å². The molecule has 1 amide bonds. The number of carbonyl (C=O) groups is 1. The molecule has 1 aliphatic heterocycles. The highest BCUT2D eigenvalue weighted by molar-refractivity contribution is 5.73. The number of piperazine rings is 1. The first-order valence-electron chi connectivity index (χ1n) is 8.96. The molecule has 2 fully saturated rings. The van der Waals surface area contributed by atoms with Crippen molar-refractivity contribution in [3.05, 3.63) is 29.8 Å². The third-order valence-electron chi connectivity index (χ3n) is 5.47. The molecule has 1 heterocycles. The van der Waals surface area contributed by atoms with E-state index in [0.717, 1.165) is 38.6 Å². The molecule has 2 aliphatic rings. The summed E-state index contributed by atoms with van der Waals surface area (Å²) in [6.45, 7) is 8.57. The summed E-state index contributed by atoms with van der Waals surface area (Å²) in [6, 6.07) is 9.23. The third kappa shape index (κ3) is 4.05. The summed E-state index contributed by atoms with van der Waals surface area (Å²) in [5, 5.41) is 3.74. The number of hydrogen-bond acceptors (Lipinski definition) is 3. The average Bonchev–Trinajstić information content (AvgIpc) is 2.48. The number of rotatable bonds is 5. The Hall–Kier alpha value is -1.55. The molecule has 3 rings (SSSR count). The van der Waals surface area contributed by atoms with Gasteiger partial charge in [0.25, 0.3) is 0 Å². The van der Waals surface area contributed by atoms with Crippen LogP contribution < -0.4 is 5.32 Å². The van der Waals surface area contributed by atoms with Gasteiger partial charge in [-0.1, -0.05) is 24.6 Å². The lowest BCUT2D eigenvalue weighted by Crippen LogP contribution is -2.47. The van der Waals surface area contributed by atoms with Crippen LogP contribution in [0, 0.1) is 5.92 Å². The number of nitrogens with one attached hydrogen (secondary N) is 1. The number of anilines is 1. The molecule has 0 spiro atoms. The van der Waals surface area contributed by atoms with Crippen molar-refractivity contribution < 1.29 is 4.79 Å². The summed E-state index contributed by atoms with van der Waals surface area (Å²) in [5.74, 6) is 1.03. The van der Waals surface area contributed by atoms with Crippen molar-refractivity contribution in [1.29, 1.82) is 0 Å². The lowest BCUT2D eigenvalue weighted by molar-refractivity contribution is -0.130. The van der Waals surface area contributed by atoms with Crippen LogP contribution in [0.15, 0.2) is 24.3 Å². The van der Waals surface area contributed by atoms with E-state index in [-0.39, 0.29) is 5.91 Å². The molecule has 1 aromatic carbocycles. The maximum atomic E-state index is 11.4. The van der Waals surface area contributed by atoms with E-state index in [1.54, 1.807) is 6.92 Å². The monoisotopic (exact) mass is 315 g/mol. The van der Waals surface area contributed by atoms with Crippen molar-refractivity contribution >= 4 is 11.6 Å². The molecule has 4 heteroatoms. The summed E-state index contributed by atoms with van der Waals surface area (Å²) < 4.78 is 0. The third-order valence-corrected chi connectivity index (χ3v) is 5.47. The molecule has 4 nitrogen and oxygen atoms in total. The van der Waals surface area contributed by atoms with Crippen molar-refractivity contribution in [1.82, 2.24) is 9.80 Å². The van der Waals surface area contributed by atoms with E-state index in [1.165, 1.54) is 30.5 Å². The van der Waals surface area contributed by atoms with Crippen LogP contribution in [0.1, 0.15) is 38.7 Å². The van der Waals surface area contributed by atoms with Crippen molar-refractivity contribution in [2.24, 2.45) is 5.92 Å². The fourth-order valence-corrected chi connectivity index (χ4v) is 3.56. The molecule has 23 heavy (non-hydrogen) atoms. The number of amides is 1. The first kappa shape index (κ1) is 16.3. The van der Waals surface area contributed by atoms with Crippen LogP contribution in [0.2, 0.25) is 0 Å². The molecule has 0 bridgehead atoms. The molecular weight excluding hydrogens is 286 g/mol. The lowest BCUT2D eigenvalue weighted by Gasteiger charge is -2.35. The topological polar surface area (TPSA) is 35.6 Å². The number of nitrogens with zero attached hydrogens (tertiary/aromatic N) is 2. The Bertz CT molecular complexity index is 533. The average molecular weight is 315 g/mol. The molecular formula is C19H29N3O. The molecule has 0 unspecified atom stereocenters. The smallest absolute Gasteiger partial charge is 0.219 e. The molecule has 0 radical (unpaired) electrons. The van der Waals surface area contributed by atoms with E-state index in [4.69, 9.17) is 0 Å². The van der Waals surface area contributed by atoms with Gasteiger partial charge in [0, 0.05) is 51.4 Å². The zero-order chi connectivity index (χ0) is 16.2. The van der Waals surface area contributed by atoms with Crippen LogP contribution in [0.3, 0.4) is 0 Å². The second-order valence-electron chi connectivity index (χ2n) is 7.06. The minimum absolute atomic E-state index is 0.195. The Balaban J connectivity index is 1.58. The van der Waals surface area contributed by atoms with Crippen molar-refractivity contribution in [2.45, 2.75) is 45.7 Å². The Morgan fingerprint density at radius 3 is 2.52 bits per heavy atom. The fraction of sp³-hybridized carbons (Fsp3) is 0.632. The SMILES string of the molecule is CC(=O)N1CCN(Cc2ccccc2N[C@H](C)C2CCC2)CC1. The minimum atomic E-state index is 0.195. The van der Waals surface area contributed by atoms with Gasteiger partial charge in [-0.2, -0.15) is 0 Å². The van der Waals surface area contributed by atoms with Gasteiger partial charge in [0.15, 0.2) is 0 Å². The summed E-state index contributed by atoms with van der Waals surface area (Å²) in [4.78, 5) is 15.8. The van der Waals surface area contributed by atoms with Crippen LogP contribution in [0.4, 0.5) is 5.69 Å². The van der Waals surface area contributed by atoms with Crippen molar-refractivity contribution in [3.8, 4) is 0 Å². The van der Waals surface area contributed by atoms with Crippen LogP contribution >= 0.6 is 0 Å². The quantitative estimate of drug-likeness (QED) is 0.907. The standard InChI is InChI=1S/C19H29N3O/c1-15(17-7-5-8-17)20-19-9-4-3-6-18(19)14-21-10-12-22(13-11-21)16(2)23/h3-4,6,9,15,17,20H,5,7-8,10-14H2,1-2H3/t15-/m1/s1. The van der Waals surface area contributed by atoms with Gasteiger partial charge in [0.2, 0.25) is 5.91 Å². The van der Waals surface area contributed by atoms with E-state index in [0.29, 0.717) is 6.04 Å². The number of para-hydroxylation sites is 1. The molecule has 1 N–H and O–H groups in total. The molecule has 1 aliphatic carbocycles. The van der Waals surface area contributed by atoms with Gasteiger partial charge in [-0.05, 0) is 37.3 Å². The minimum Gasteiger partial charge on any atom is -0.382 e. The highest BCUT2D eigenvalue weighted by Gasteiger charge is 2.24. The number of hydrogen-bond donors (Lipinski definition) is 1. The Kier molecular flexibility index (Phi) is 5.21. The largest absolute Gasteiger partial charge is 0.382 e. The van der Waals surface area contributed by atoms with E-state index < -0.39 is 0 Å². The first-order chi connectivity index (χ1) is 11.1. The maximum absolute atomic E-state index is 11.4. The molecule has 1 saturated carbocycles. The Morgan fingerprint density at radius 2 is 1.91 bits per heavy atom. The van der Waals surface area contributed by atoms with Crippen molar-refractivity contribution in [2.75, 3.05) is 31.5 Å². The van der Waals surface area contributed by atoms with Gasteiger partial charge in [-0.3, -0.25) is 9.69 Å². The molecule has 1 aromatic rings. The van der Waals surface area contributed by atoms with E-state index in [9.17, 15) is 4.79 Å². The second kappa shape index (κ2) is 7.35. The first-order valence-corrected chi connectivity index (χ1v) is 8.96. The van der Waals surface area contributed by atoms with Crippen LogP contribution in [-0.2, 0) is 11.3 Å². The zero-order valence-electron chi connectivity index (χ0n) is 14.4. The van der Waals surface area contributed by atoms with Crippen LogP contribution in [0.5, 0.6) is 0 Å². The van der Waals surface area contributed by atoms with Gasteiger partial charge >= 0.3 is 0 Å². The molecule has 1 saturated heterocycles. The van der Waals surface area contributed by atoms with E-state index >= 15 is 0 Å². The number of benzene rings is 1. The van der Waals surface area contributed by atoms with Crippen molar-refractivity contribution in [3.63, 3.8) is 0 Å². The predicted octanol–water partition coefficient (Wildman–Crippen LogP) is 2.95. The molecule has 126 valence electrons. The van der Waals surface area contributed by atoms with Gasteiger partial charge in [0.1, 0.15) is 0 Å². The summed E-state index contributed by atoms with van der Waals surface area (Å²) in [5.41, 5.74) is 2.65. The summed E-state index contributed by atoms with van der Waals surface area (Å²) in [6.07, 6.45) is 4.12. The van der Waals surface area contributed by atoms with Gasteiger partial charge in [0.05, 0.1) is 0 Å². The van der Waals surface area contributed by atoms with E-state index in [1.807, 2.05) is 4.90 Å². The normalized spacial score (nSPS) is 20.9. The highest BCUT2D eigenvalue weighted by atomic mass is 16.2. The Labute approximate surface area is 139 Å². The molecule has 0 aromatic heterocycles. The maximum Gasteiger partial charge on any atom is 0.219 e. The predicted molar refractivity (Wildman–Crippen MR) is 94.4 cm³/mol. The van der Waals surface area contributed by atoms with Gasteiger partial charge in [-0.15, -0.1) is 0 Å².